The maximum Gasteiger partial charge on any atom is 0.233 e. The number of hydrogen-bond donors (Lipinski definition) is 1. The molecular formula is C18H21NO2S. The lowest BCUT2D eigenvalue weighted by molar-refractivity contribution is -0.120. The van der Waals surface area contributed by atoms with E-state index >= 15 is 0 Å². The quantitative estimate of drug-likeness (QED) is 0.626. The molecule has 0 aromatic heterocycles. The Morgan fingerprint density at radius 1 is 1.14 bits per heavy atom. The van der Waals surface area contributed by atoms with Gasteiger partial charge in [0.2, 0.25) is 5.91 Å². The highest BCUT2D eigenvalue weighted by Crippen LogP contribution is 2.22. The lowest BCUT2D eigenvalue weighted by Crippen LogP contribution is -2.34. The molecule has 2 rings (SSSR count). The summed E-state index contributed by atoms with van der Waals surface area (Å²) < 4.78 is 5.66. The second-order valence-electron chi connectivity index (χ2n) is 4.98. The molecule has 2 aromatic carbocycles. The third-order valence-corrected chi connectivity index (χ3v) is 4.29. The van der Waals surface area contributed by atoms with E-state index in [1.165, 1.54) is 0 Å². The van der Waals surface area contributed by atoms with Gasteiger partial charge in [0.05, 0.1) is 11.8 Å². The van der Waals surface area contributed by atoms with Gasteiger partial charge in [-0.25, -0.2) is 0 Å². The number of rotatable bonds is 7. The van der Waals surface area contributed by atoms with Gasteiger partial charge in [-0.2, -0.15) is 0 Å². The Kier molecular flexibility index (Phi) is 6.34. The van der Waals surface area contributed by atoms with Gasteiger partial charge in [-0.3, -0.25) is 4.79 Å². The Balaban J connectivity index is 1.70. The molecule has 3 nitrogen and oxygen atoms in total. The molecule has 0 aliphatic rings. The van der Waals surface area contributed by atoms with Crippen molar-refractivity contribution in [3.05, 3.63) is 60.2 Å². The first-order valence-electron chi connectivity index (χ1n) is 7.34. The van der Waals surface area contributed by atoms with Crippen molar-refractivity contribution in [2.45, 2.75) is 24.0 Å². The number of nitrogens with one attached hydrogen (secondary N) is 1. The molecule has 4 heteroatoms. The van der Waals surface area contributed by atoms with Crippen LogP contribution in [0.2, 0.25) is 0 Å². The fraction of sp³-hybridized carbons (Fsp3) is 0.278. The summed E-state index contributed by atoms with van der Waals surface area (Å²) in [5, 5.41) is 2.78. The molecule has 0 aliphatic heterocycles. The standard InChI is InChI=1S/C18H21NO2S/c1-14-8-6-7-11-17(14)21-13-12-19-18(20)15(2)22-16-9-4-3-5-10-16/h3-11,15H,12-13H2,1-2H3,(H,19,20)/t15-/m1/s1. The predicted octanol–water partition coefficient (Wildman–Crippen LogP) is 3.67. The van der Waals surface area contributed by atoms with Crippen molar-refractivity contribution < 1.29 is 9.53 Å². The van der Waals surface area contributed by atoms with E-state index < -0.39 is 0 Å². The van der Waals surface area contributed by atoms with Crippen LogP contribution in [0.1, 0.15) is 12.5 Å². The van der Waals surface area contributed by atoms with Crippen molar-refractivity contribution in [3.8, 4) is 5.75 Å². The monoisotopic (exact) mass is 315 g/mol. The summed E-state index contributed by atoms with van der Waals surface area (Å²) in [4.78, 5) is 13.1. The van der Waals surface area contributed by atoms with Crippen LogP contribution in [0.4, 0.5) is 0 Å². The highest BCUT2D eigenvalue weighted by molar-refractivity contribution is 8.00. The molecule has 22 heavy (non-hydrogen) atoms. The van der Waals surface area contributed by atoms with Gasteiger partial charge in [-0.1, -0.05) is 36.4 Å². The molecule has 0 saturated heterocycles. The summed E-state index contributed by atoms with van der Waals surface area (Å²) in [5.41, 5.74) is 1.10. The minimum atomic E-state index is -0.124. The van der Waals surface area contributed by atoms with E-state index in [1.54, 1.807) is 11.8 Å². The lowest BCUT2D eigenvalue weighted by Gasteiger charge is -2.13. The van der Waals surface area contributed by atoms with E-state index in [9.17, 15) is 4.79 Å². The van der Waals surface area contributed by atoms with Crippen LogP contribution < -0.4 is 10.1 Å². The molecule has 116 valence electrons. The van der Waals surface area contributed by atoms with E-state index in [-0.39, 0.29) is 11.2 Å². The Bertz CT molecular complexity index is 601. The summed E-state index contributed by atoms with van der Waals surface area (Å²) in [7, 11) is 0. The molecule has 2 aromatic rings. The summed E-state index contributed by atoms with van der Waals surface area (Å²) >= 11 is 1.56. The van der Waals surface area contributed by atoms with Crippen molar-refractivity contribution in [1.82, 2.24) is 5.32 Å². The van der Waals surface area contributed by atoms with E-state index in [4.69, 9.17) is 4.74 Å². The van der Waals surface area contributed by atoms with Gasteiger partial charge >= 0.3 is 0 Å². The van der Waals surface area contributed by atoms with Crippen molar-refractivity contribution in [2.75, 3.05) is 13.2 Å². The summed E-state index contributed by atoms with van der Waals surface area (Å²) in [6.45, 7) is 4.90. The van der Waals surface area contributed by atoms with E-state index in [2.05, 4.69) is 5.32 Å². The third kappa shape index (κ3) is 5.11. The number of carbonyl (C=O) groups excluding carboxylic acids is 1. The molecule has 1 amide bonds. The average Bonchev–Trinajstić information content (AvgIpc) is 2.53. The molecule has 0 aliphatic carbocycles. The smallest absolute Gasteiger partial charge is 0.233 e. The summed E-state index contributed by atoms with van der Waals surface area (Å²) in [6.07, 6.45) is 0. The van der Waals surface area contributed by atoms with E-state index in [1.807, 2.05) is 68.4 Å². The fourth-order valence-corrected chi connectivity index (χ4v) is 2.87. The van der Waals surface area contributed by atoms with Crippen LogP contribution in [0.15, 0.2) is 59.5 Å². The van der Waals surface area contributed by atoms with E-state index in [0.717, 1.165) is 16.2 Å². The van der Waals surface area contributed by atoms with Crippen molar-refractivity contribution in [2.24, 2.45) is 0 Å². The molecule has 1 atom stereocenters. The van der Waals surface area contributed by atoms with Crippen LogP contribution in [-0.4, -0.2) is 24.3 Å². The first kappa shape index (κ1) is 16.4. The van der Waals surface area contributed by atoms with Crippen LogP contribution in [0.25, 0.3) is 0 Å². The zero-order chi connectivity index (χ0) is 15.8. The Hall–Kier alpha value is -1.94. The minimum absolute atomic E-state index is 0.0298. The molecule has 1 N–H and O–H groups in total. The summed E-state index contributed by atoms with van der Waals surface area (Å²) in [5.74, 6) is 0.894. The first-order valence-corrected chi connectivity index (χ1v) is 8.22. The normalized spacial score (nSPS) is 11.7. The number of ether oxygens (including phenoxy) is 1. The number of para-hydroxylation sites is 1. The van der Waals surface area contributed by atoms with Crippen molar-refractivity contribution >= 4 is 17.7 Å². The third-order valence-electron chi connectivity index (χ3n) is 3.18. The number of aryl methyl sites for hydroxylation is 1. The van der Waals surface area contributed by atoms with Crippen LogP contribution in [0, 0.1) is 6.92 Å². The number of benzene rings is 2. The molecule has 0 heterocycles. The highest BCUT2D eigenvalue weighted by Gasteiger charge is 2.13. The second-order valence-corrected chi connectivity index (χ2v) is 6.39. The van der Waals surface area contributed by atoms with Gasteiger partial charge in [0.1, 0.15) is 12.4 Å². The number of carbonyl (C=O) groups is 1. The topological polar surface area (TPSA) is 38.3 Å². The molecular weight excluding hydrogens is 294 g/mol. The number of amides is 1. The molecule has 0 fully saturated rings. The molecule has 0 unspecified atom stereocenters. The predicted molar refractivity (Wildman–Crippen MR) is 91.4 cm³/mol. The SMILES string of the molecule is Cc1ccccc1OCCNC(=O)[C@@H](C)Sc1ccccc1. The maximum absolute atomic E-state index is 12.0. The van der Waals surface area contributed by atoms with E-state index in [0.29, 0.717) is 13.2 Å². The van der Waals surface area contributed by atoms with Gasteiger partial charge in [-0.05, 0) is 37.6 Å². The highest BCUT2D eigenvalue weighted by atomic mass is 32.2. The fourth-order valence-electron chi connectivity index (χ4n) is 1.95. The lowest BCUT2D eigenvalue weighted by atomic mass is 10.2. The summed E-state index contributed by atoms with van der Waals surface area (Å²) in [6, 6.07) is 17.8. The van der Waals surface area contributed by atoms with Crippen molar-refractivity contribution in [3.63, 3.8) is 0 Å². The van der Waals surface area contributed by atoms with Crippen LogP contribution in [0.5, 0.6) is 5.75 Å². The molecule has 0 spiro atoms. The van der Waals surface area contributed by atoms with Crippen molar-refractivity contribution in [1.29, 1.82) is 0 Å². The molecule has 0 radical (unpaired) electrons. The second kappa shape index (κ2) is 8.49. The minimum Gasteiger partial charge on any atom is -0.491 e. The van der Waals surface area contributed by atoms with Gasteiger partial charge in [0.25, 0.3) is 0 Å². The zero-order valence-electron chi connectivity index (χ0n) is 12.9. The van der Waals surface area contributed by atoms with Crippen LogP contribution in [-0.2, 0) is 4.79 Å². The average molecular weight is 315 g/mol. The Labute approximate surface area is 136 Å². The number of thioether (sulfide) groups is 1. The van der Waals surface area contributed by atoms with Crippen LogP contribution >= 0.6 is 11.8 Å². The molecule has 0 saturated carbocycles. The zero-order valence-corrected chi connectivity index (χ0v) is 13.7. The van der Waals surface area contributed by atoms with Gasteiger partial charge in [0.15, 0.2) is 0 Å². The largest absolute Gasteiger partial charge is 0.491 e. The Morgan fingerprint density at radius 2 is 1.82 bits per heavy atom. The Morgan fingerprint density at radius 3 is 2.55 bits per heavy atom. The van der Waals surface area contributed by atoms with Crippen LogP contribution in [0.3, 0.4) is 0 Å². The number of hydrogen-bond acceptors (Lipinski definition) is 3. The molecule has 0 bridgehead atoms. The maximum atomic E-state index is 12.0. The first-order chi connectivity index (χ1) is 10.7. The van der Waals surface area contributed by atoms with Gasteiger partial charge in [-0.15, -0.1) is 11.8 Å². The van der Waals surface area contributed by atoms with Gasteiger partial charge in [0, 0.05) is 4.90 Å². The van der Waals surface area contributed by atoms with Gasteiger partial charge < -0.3 is 10.1 Å².